The predicted octanol–water partition coefficient (Wildman–Crippen LogP) is 5.60. The van der Waals surface area contributed by atoms with E-state index in [9.17, 15) is 0 Å². The van der Waals surface area contributed by atoms with Crippen LogP contribution < -0.4 is 0 Å². The highest BCUT2D eigenvalue weighted by atomic mass is 15.3. The Labute approximate surface area is 166 Å². The van der Waals surface area contributed by atoms with Crippen molar-refractivity contribution in [3.05, 3.63) is 125 Å². The number of aryl methyl sites for hydroxylation is 2. The van der Waals surface area contributed by atoms with Gasteiger partial charge in [0.2, 0.25) is 0 Å². The Hall–Kier alpha value is -3.13. The fraction of sp³-hybridized carbons (Fsp3) is 0.192. The monoisotopic (exact) mass is 364 g/mol. The lowest BCUT2D eigenvalue weighted by Crippen LogP contribution is -2.38. The molecule has 0 spiro atoms. The Kier molecular flexibility index (Phi) is 4.32. The van der Waals surface area contributed by atoms with E-state index in [1.165, 1.54) is 40.8 Å². The second-order valence-electron chi connectivity index (χ2n) is 7.56. The molecule has 1 aliphatic rings. The predicted molar refractivity (Wildman–Crippen MR) is 113 cm³/mol. The smallest absolute Gasteiger partial charge is 0.138 e. The molecular formula is C26H24N2. The molecule has 0 unspecified atom stereocenters. The third-order valence-electron chi connectivity index (χ3n) is 5.91. The van der Waals surface area contributed by atoms with Gasteiger partial charge in [0.05, 0.1) is 5.69 Å². The van der Waals surface area contributed by atoms with Crippen LogP contribution in [0.5, 0.6) is 0 Å². The molecule has 28 heavy (non-hydrogen) atoms. The number of rotatable bonds is 4. The number of fused-ring (bicyclic) bond motifs is 1. The highest BCUT2D eigenvalue weighted by Crippen LogP contribution is 2.41. The van der Waals surface area contributed by atoms with Crippen LogP contribution in [0.2, 0.25) is 0 Å². The van der Waals surface area contributed by atoms with Gasteiger partial charge in [-0.3, -0.25) is 4.68 Å². The standard InChI is InChI=1S/C26H24N2/c1-4-13-22(14-5-1)26(23-15-6-2-7-16-23,24-17-8-3-9-18-24)28-20-21-12-10-11-19-25(21)27-28/h1-9,13-18,20H,10-12,19H2. The SMILES string of the molecule is c1ccc(C(c2ccccc2)(c2ccccc2)n2cc3c(n2)CCCC3)cc1. The quantitative estimate of drug-likeness (QED) is 0.431. The fourth-order valence-corrected chi connectivity index (χ4v) is 4.58. The van der Waals surface area contributed by atoms with Crippen LogP contribution in [-0.4, -0.2) is 9.78 Å². The van der Waals surface area contributed by atoms with Crippen LogP contribution >= 0.6 is 0 Å². The molecular weight excluding hydrogens is 340 g/mol. The second kappa shape index (κ2) is 7.12. The van der Waals surface area contributed by atoms with Crippen molar-refractivity contribution in [2.45, 2.75) is 31.2 Å². The van der Waals surface area contributed by atoms with Gasteiger partial charge < -0.3 is 0 Å². The number of hydrogen-bond donors (Lipinski definition) is 0. The van der Waals surface area contributed by atoms with Crippen molar-refractivity contribution in [3.63, 3.8) is 0 Å². The van der Waals surface area contributed by atoms with Crippen LogP contribution in [-0.2, 0) is 18.4 Å². The first-order valence-electron chi connectivity index (χ1n) is 10.1. The van der Waals surface area contributed by atoms with Gasteiger partial charge in [0, 0.05) is 6.20 Å². The zero-order valence-corrected chi connectivity index (χ0v) is 16.0. The molecule has 5 rings (SSSR count). The Morgan fingerprint density at radius 2 is 1.07 bits per heavy atom. The molecule has 0 saturated carbocycles. The zero-order chi connectivity index (χ0) is 18.8. The fourth-order valence-electron chi connectivity index (χ4n) is 4.58. The maximum absolute atomic E-state index is 5.17. The molecule has 0 fully saturated rings. The van der Waals surface area contributed by atoms with Crippen molar-refractivity contribution in [2.75, 3.05) is 0 Å². The highest BCUT2D eigenvalue weighted by Gasteiger charge is 2.39. The lowest BCUT2D eigenvalue weighted by Gasteiger charge is -2.36. The summed E-state index contributed by atoms with van der Waals surface area (Å²) in [5.74, 6) is 0. The molecule has 1 aliphatic carbocycles. The molecule has 0 atom stereocenters. The second-order valence-corrected chi connectivity index (χ2v) is 7.56. The van der Waals surface area contributed by atoms with Gasteiger partial charge in [0.25, 0.3) is 0 Å². The molecule has 1 heterocycles. The third kappa shape index (κ3) is 2.68. The van der Waals surface area contributed by atoms with E-state index in [4.69, 9.17) is 5.10 Å². The van der Waals surface area contributed by atoms with Crippen molar-refractivity contribution in [3.8, 4) is 0 Å². The first kappa shape index (κ1) is 17.0. The van der Waals surface area contributed by atoms with Crippen molar-refractivity contribution in [1.29, 1.82) is 0 Å². The summed E-state index contributed by atoms with van der Waals surface area (Å²) in [5, 5.41) is 5.17. The minimum absolute atomic E-state index is 0.485. The van der Waals surface area contributed by atoms with Gasteiger partial charge in [-0.05, 0) is 47.9 Å². The van der Waals surface area contributed by atoms with E-state index in [0.29, 0.717) is 0 Å². The summed E-state index contributed by atoms with van der Waals surface area (Å²) in [6, 6.07) is 32.3. The van der Waals surface area contributed by atoms with Crippen LogP contribution in [0.15, 0.2) is 97.2 Å². The van der Waals surface area contributed by atoms with E-state index in [-0.39, 0.29) is 0 Å². The molecule has 0 bridgehead atoms. The third-order valence-corrected chi connectivity index (χ3v) is 5.91. The molecule has 0 N–H and O–H groups in total. The van der Waals surface area contributed by atoms with E-state index >= 15 is 0 Å². The topological polar surface area (TPSA) is 17.8 Å². The van der Waals surface area contributed by atoms with Crippen molar-refractivity contribution in [1.82, 2.24) is 9.78 Å². The van der Waals surface area contributed by atoms with Crippen LogP contribution in [0.4, 0.5) is 0 Å². The summed E-state index contributed by atoms with van der Waals surface area (Å²) in [7, 11) is 0. The zero-order valence-electron chi connectivity index (χ0n) is 16.0. The summed E-state index contributed by atoms with van der Waals surface area (Å²) in [5.41, 5.74) is 5.87. The van der Waals surface area contributed by atoms with E-state index in [1.807, 2.05) is 0 Å². The molecule has 1 aromatic heterocycles. The first-order valence-corrected chi connectivity index (χ1v) is 10.1. The minimum atomic E-state index is -0.485. The Balaban J connectivity index is 1.86. The van der Waals surface area contributed by atoms with E-state index in [0.717, 1.165) is 12.8 Å². The van der Waals surface area contributed by atoms with Crippen molar-refractivity contribution in [2.24, 2.45) is 0 Å². The summed E-state index contributed by atoms with van der Waals surface area (Å²) in [6.45, 7) is 0. The van der Waals surface area contributed by atoms with Gasteiger partial charge >= 0.3 is 0 Å². The van der Waals surface area contributed by atoms with E-state index in [2.05, 4.69) is 102 Å². The average molecular weight is 364 g/mol. The number of aromatic nitrogens is 2. The number of nitrogens with zero attached hydrogens (tertiary/aromatic N) is 2. The lowest BCUT2D eigenvalue weighted by atomic mass is 9.77. The Morgan fingerprint density at radius 1 is 0.607 bits per heavy atom. The Bertz CT molecular complexity index is 929. The molecule has 2 heteroatoms. The van der Waals surface area contributed by atoms with E-state index in [1.54, 1.807) is 0 Å². The maximum atomic E-state index is 5.17. The van der Waals surface area contributed by atoms with Gasteiger partial charge in [-0.2, -0.15) is 5.10 Å². The number of benzene rings is 3. The molecule has 0 saturated heterocycles. The normalized spacial score (nSPS) is 13.9. The van der Waals surface area contributed by atoms with Crippen LogP contribution in [0.25, 0.3) is 0 Å². The Morgan fingerprint density at radius 3 is 1.54 bits per heavy atom. The van der Waals surface area contributed by atoms with E-state index < -0.39 is 5.54 Å². The van der Waals surface area contributed by atoms with Crippen LogP contribution in [0.1, 0.15) is 40.8 Å². The molecule has 3 aromatic carbocycles. The largest absolute Gasteiger partial charge is 0.253 e. The highest BCUT2D eigenvalue weighted by molar-refractivity contribution is 5.50. The van der Waals surface area contributed by atoms with Crippen LogP contribution in [0, 0.1) is 0 Å². The first-order chi connectivity index (χ1) is 13.9. The van der Waals surface area contributed by atoms with Gasteiger partial charge in [-0.15, -0.1) is 0 Å². The summed E-state index contributed by atoms with van der Waals surface area (Å²) < 4.78 is 2.23. The summed E-state index contributed by atoms with van der Waals surface area (Å²) >= 11 is 0. The van der Waals surface area contributed by atoms with Gasteiger partial charge in [0.1, 0.15) is 5.54 Å². The number of hydrogen-bond acceptors (Lipinski definition) is 1. The molecule has 4 aromatic rings. The maximum Gasteiger partial charge on any atom is 0.138 e. The van der Waals surface area contributed by atoms with Gasteiger partial charge in [-0.25, -0.2) is 0 Å². The minimum Gasteiger partial charge on any atom is -0.253 e. The van der Waals surface area contributed by atoms with Gasteiger partial charge in [-0.1, -0.05) is 91.0 Å². The molecule has 0 radical (unpaired) electrons. The van der Waals surface area contributed by atoms with Gasteiger partial charge in [0.15, 0.2) is 0 Å². The van der Waals surface area contributed by atoms with Crippen LogP contribution in [0.3, 0.4) is 0 Å². The molecule has 138 valence electrons. The van der Waals surface area contributed by atoms with Crippen molar-refractivity contribution < 1.29 is 0 Å². The molecule has 0 amide bonds. The molecule has 2 nitrogen and oxygen atoms in total. The molecule has 0 aliphatic heterocycles. The summed E-state index contributed by atoms with van der Waals surface area (Å²) in [6.07, 6.45) is 6.99. The summed E-state index contributed by atoms with van der Waals surface area (Å²) in [4.78, 5) is 0. The van der Waals surface area contributed by atoms with Crippen molar-refractivity contribution >= 4 is 0 Å². The lowest BCUT2D eigenvalue weighted by molar-refractivity contribution is 0.455. The average Bonchev–Trinajstić information content (AvgIpc) is 3.21.